The number of benzene rings is 3. The van der Waals surface area contributed by atoms with E-state index < -0.39 is 5.82 Å². The van der Waals surface area contributed by atoms with Crippen LogP contribution in [-0.4, -0.2) is 20.2 Å². The van der Waals surface area contributed by atoms with Gasteiger partial charge in [0, 0.05) is 17.7 Å². The fourth-order valence-electron chi connectivity index (χ4n) is 3.20. The molecule has 0 spiro atoms. The number of halogens is 2. The van der Waals surface area contributed by atoms with Crippen molar-refractivity contribution < 1.29 is 9.13 Å². The summed E-state index contributed by atoms with van der Waals surface area (Å²) >= 11 is 6.14. The fraction of sp³-hybridized carbons (Fsp3) is 0.136. The highest BCUT2D eigenvalue weighted by atomic mass is 35.5. The van der Waals surface area contributed by atoms with Crippen LogP contribution in [0.25, 0.3) is 10.8 Å². The molecule has 1 aromatic heterocycles. The zero-order valence-electron chi connectivity index (χ0n) is 16.1. The summed E-state index contributed by atoms with van der Waals surface area (Å²) in [5.74, 6) is 0.751. The molecule has 8 heteroatoms. The maximum Gasteiger partial charge on any atom is 0.243 e. The number of rotatable bonds is 8. The molecule has 0 fully saturated rings. The lowest BCUT2D eigenvalue weighted by Crippen LogP contribution is -2.10. The molecule has 0 aliphatic rings. The average molecular weight is 424 g/mol. The summed E-state index contributed by atoms with van der Waals surface area (Å²) in [5.41, 5.74) is 1.23. The van der Waals surface area contributed by atoms with E-state index in [9.17, 15) is 4.39 Å². The highest BCUT2D eigenvalue weighted by Gasteiger charge is 2.13. The van der Waals surface area contributed by atoms with Gasteiger partial charge in [-0.3, -0.25) is 0 Å². The Kier molecular flexibility index (Phi) is 5.90. The van der Waals surface area contributed by atoms with E-state index in [1.165, 1.54) is 6.07 Å². The number of anilines is 1. The van der Waals surface area contributed by atoms with Crippen LogP contribution in [0.15, 0.2) is 67.3 Å². The molecule has 0 saturated carbocycles. The van der Waals surface area contributed by atoms with Gasteiger partial charge in [0.25, 0.3) is 0 Å². The first-order valence-corrected chi connectivity index (χ1v) is 9.72. The molecular formula is C22H19ClFN5O. The molecule has 0 atom stereocenters. The minimum atomic E-state index is -0.397. The third-order valence-electron chi connectivity index (χ3n) is 4.69. The minimum absolute atomic E-state index is 0.0189. The highest BCUT2D eigenvalue weighted by Crippen LogP contribution is 2.30. The second-order valence-electron chi connectivity index (χ2n) is 6.58. The zero-order valence-corrected chi connectivity index (χ0v) is 16.8. The summed E-state index contributed by atoms with van der Waals surface area (Å²) in [6.45, 7) is 4.63. The lowest BCUT2D eigenvalue weighted by molar-refractivity contribution is 0.297. The van der Waals surface area contributed by atoms with Crippen LogP contribution >= 0.6 is 11.6 Å². The zero-order chi connectivity index (χ0) is 20.9. The summed E-state index contributed by atoms with van der Waals surface area (Å²) in [7, 11) is 0. The maximum absolute atomic E-state index is 14.1. The molecule has 0 bridgehead atoms. The van der Waals surface area contributed by atoms with Gasteiger partial charge in [0.15, 0.2) is 0 Å². The van der Waals surface area contributed by atoms with Crippen molar-refractivity contribution in [3.8, 4) is 5.75 Å². The molecule has 0 radical (unpaired) electrons. The molecule has 4 rings (SSSR count). The maximum atomic E-state index is 14.1. The quantitative estimate of drug-likeness (QED) is 0.404. The molecule has 1 heterocycles. The van der Waals surface area contributed by atoms with Crippen molar-refractivity contribution in [2.45, 2.75) is 19.7 Å². The Morgan fingerprint density at radius 3 is 2.80 bits per heavy atom. The number of tetrazole rings is 1. The number of allylic oxidation sites excluding steroid dienone is 1. The molecule has 0 amide bonds. The minimum Gasteiger partial charge on any atom is -0.488 e. The SMILES string of the molecule is C=CCn1nnnc1NCc1c(OCc2c(F)cccc2Cl)ccc2ccccc12. The topological polar surface area (TPSA) is 64.9 Å². The third-order valence-corrected chi connectivity index (χ3v) is 5.04. The lowest BCUT2D eigenvalue weighted by Gasteiger charge is -2.16. The molecule has 0 aliphatic carbocycles. The first-order chi connectivity index (χ1) is 14.7. The van der Waals surface area contributed by atoms with Gasteiger partial charge in [0.05, 0.1) is 11.6 Å². The van der Waals surface area contributed by atoms with Gasteiger partial charge in [-0.05, 0) is 39.4 Å². The normalized spacial score (nSPS) is 10.9. The van der Waals surface area contributed by atoms with Crippen LogP contribution in [0.5, 0.6) is 5.75 Å². The third kappa shape index (κ3) is 4.11. The highest BCUT2D eigenvalue weighted by molar-refractivity contribution is 6.31. The van der Waals surface area contributed by atoms with Crippen molar-refractivity contribution in [2.24, 2.45) is 0 Å². The van der Waals surface area contributed by atoms with Gasteiger partial charge in [-0.15, -0.1) is 6.58 Å². The Morgan fingerprint density at radius 1 is 1.10 bits per heavy atom. The van der Waals surface area contributed by atoms with Crippen molar-refractivity contribution in [1.29, 1.82) is 0 Å². The van der Waals surface area contributed by atoms with Crippen LogP contribution in [0.1, 0.15) is 11.1 Å². The molecule has 6 nitrogen and oxygen atoms in total. The number of nitrogens with one attached hydrogen (secondary N) is 1. The summed E-state index contributed by atoms with van der Waals surface area (Å²) in [5, 5.41) is 17.3. The van der Waals surface area contributed by atoms with Gasteiger partial charge < -0.3 is 10.1 Å². The van der Waals surface area contributed by atoms with Crippen molar-refractivity contribution in [3.63, 3.8) is 0 Å². The second kappa shape index (κ2) is 8.92. The summed E-state index contributed by atoms with van der Waals surface area (Å²) in [6, 6.07) is 16.4. The Labute approximate surface area is 177 Å². The van der Waals surface area contributed by atoms with Gasteiger partial charge >= 0.3 is 0 Å². The number of fused-ring (bicyclic) bond motifs is 1. The van der Waals surface area contributed by atoms with Crippen molar-refractivity contribution in [1.82, 2.24) is 20.2 Å². The smallest absolute Gasteiger partial charge is 0.243 e. The van der Waals surface area contributed by atoms with Gasteiger partial charge in [-0.2, -0.15) is 0 Å². The van der Waals surface area contributed by atoms with Crippen LogP contribution < -0.4 is 10.1 Å². The van der Waals surface area contributed by atoms with Crippen LogP contribution in [0.3, 0.4) is 0 Å². The van der Waals surface area contributed by atoms with Crippen molar-refractivity contribution in [2.75, 3.05) is 5.32 Å². The summed E-state index contributed by atoms with van der Waals surface area (Å²) in [4.78, 5) is 0. The fourth-order valence-corrected chi connectivity index (χ4v) is 3.42. The number of aromatic nitrogens is 4. The van der Waals surface area contributed by atoms with Crippen LogP contribution in [0, 0.1) is 5.82 Å². The Balaban J connectivity index is 1.64. The van der Waals surface area contributed by atoms with E-state index in [-0.39, 0.29) is 6.61 Å². The molecule has 1 N–H and O–H groups in total. The first-order valence-electron chi connectivity index (χ1n) is 9.34. The lowest BCUT2D eigenvalue weighted by atomic mass is 10.0. The molecule has 3 aromatic carbocycles. The summed E-state index contributed by atoms with van der Waals surface area (Å²) < 4.78 is 21.8. The van der Waals surface area contributed by atoms with Crippen molar-refractivity contribution >= 4 is 28.3 Å². The number of hydrogen-bond acceptors (Lipinski definition) is 5. The van der Waals surface area contributed by atoms with E-state index in [1.807, 2.05) is 36.4 Å². The van der Waals surface area contributed by atoms with E-state index >= 15 is 0 Å². The van der Waals surface area contributed by atoms with Crippen molar-refractivity contribution in [3.05, 3.63) is 89.2 Å². The first kappa shape index (κ1) is 19.8. The van der Waals surface area contributed by atoms with Crippen LogP contribution in [0.2, 0.25) is 5.02 Å². The van der Waals surface area contributed by atoms with Gasteiger partial charge in [0.2, 0.25) is 5.95 Å². The standard InChI is InChI=1S/C22H19ClFN5O/c1-2-12-29-22(26-27-28-29)25-13-17-16-7-4-3-6-15(16)10-11-21(17)30-14-18-19(23)8-5-9-20(18)24/h2-11H,1,12-14H2,(H,25,26,28). The van der Waals surface area contributed by atoms with Gasteiger partial charge in [-0.1, -0.05) is 59.2 Å². The predicted molar refractivity (Wildman–Crippen MR) is 115 cm³/mol. The van der Waals surface area contributed by atoms with E-state index in [2.05, 4.69) is 27.4 Å². The monoisotopic (exact) mass is 423 g/mol. The number of hydrogen-bond donors (Lipinski definition) is 1. The predicted octanol–water partition coefficient (Wildman–Crippen LogP) is 5.00. The second-order valence-corrected chi connectivity index (χ2v) is 6.99. The Hall–Kier alpha value is -3.45. The van der Waals surface area contributed by atoms with Crippen LogP contribution in [0.4, 0.5) is 10.3 Å². The Bertz CT molecular complexity index is 1170. The number of nitrogens with zero attached hydrogens (tertiary/aromatic N) is 4. The van der Waals surface area contributed by atoms with E-state index in [0.29, 0.717) is 35.4 Å². The number of ether oxygens (including phenoxy) is 1. The molecule has 0 saturated heterocycles. The van der Waals surface area contributed by atoms with E-state index in [1.54, 1.807) is 22.9 Å². The van der Waals surface area contributed by atoms with Gasteiger partial charge in [0.1, 0.15) is 18.2 Å². The average Bonchev–Trinajstić information content (AvgIpc) is 3.19. The summed E-state index contributed by atoms with van der Waals surface area (Å²) in [6.07, 6.45) is 1.71. The van der Waals surface area contributed by atoms with Crippen LogP contribution in [-0.2, 0) is 19.7 Å². The van der Waals surface area contributed by atoms with E-state index in [4.69, 9.17) is 16.3 Å². The molecule has 4 aromatic rings. The Morgan fingerprint density at radius 2 is 1.97 bits per heavy atom. The van der Waals surface area contributed by atoms with E-state index in [0.717, 1.165) is 16.3 Å². The van der Waals surface area contributed by atoms with Gasteiger partial charge in [-0.25, -0.2) is 9.07 Å². The molecule has 0 aliphatic heterocycles. The molecular weight excluding hydrogens is 405 g/mol. The molecule has 30 heavy (non-hydrogen) atoms. The largest absolute Gasteiger partial charge is 0.488 e. The molecule has 152 valence electrons. The molecule has 0 unspecified atom stereocenters.